The van der Waals surface area contributed by atoms with Gasteiger partial charge in [0.2, 0.25) is 0 Å². The first-order valence-corrected chi connectivity index (χ1v) is 13.2. The van der Waals surface area contributed by atoms with Gasteiger partial charge in [0.1, 0.15) is 23.4 Å². The molecule has 0 spiro atoms. The van der Waals surface area contributed by atoms with Crippen LogP contribution in [-0.4, -0.2) is 44.9 Å². The van der Waals surface area contributed by atoms with Crippen LogP contribution in [0.4, 0.5) is 5.69 Å². The molecule has 8 nitrogen and oxygen atoms in total. The fourth-order valence-electron chi connectivity index (χ4n) is 4.36. The first-order chi connectivity index (χ1) is 19.3. The molecule has 0 fully saturated rings. The summed E-state index contributed by atoms with van der Waals surface area (Å²) in [5.74, 6) is 0.484. The first-order valence-electron chi connectivity index (χ1n) is 12.8. The summed E-state index contributed by atoms with van der Waals surface area (Å²) in [6, 6.07) is 15.7. The molecule has 3 aromatic carbocycles. The Balaban J connectivity index is 2.17. The summed E-state index contributed by atoms with van der Waals surface area (Å²) < 4.78 is 21.5. The third-order valence-corrected chi connectivity index (χ3v) is 6.55. The average Bonchev–Trinajstić information content (AvgIpc) is 2.98. The molecule has 0 aliphatic carbocycles. The van der Waals surface area contributed by atoms with Crippen LogP contribution in [0.1, 0.15) is 42.2 Å². The van der Waals surface area contributed by atoms with E-state index < -0.39 is 18.0 Å². The van der Waals surface area contributed by atoms with Crippen molar-refractivity contribution < 1.29 is 33.6 Å². The van der Waals surface area contributed by atoms with E-state index in [1.54, 1.807) is 63.6 Å². The van der Waals surface area contributed by atoms with Gasteiger partial charge in [-0.3, -0.25) is 4.79 Å². The molecule has 1 N–H and O–H groups in total. The van der Waals surface area contributed by atoms with E-state index in [9.17, 15) is 14.7 Å². The van der Waals surface area contributed by atoms with E-state index in [1.165, 1.54) is 12.0 Å². The third kappa shape index (κ3) is 7.14. The molecule has 0 aliphatic rings. The van der Waals surface area contributed by atoms with Crippen molar-refractivity contribution >= 4 is 29.2 Å². The van der Waals surface area contributed by atoms with E-state index in [1.807, 2.05) is 19.1 Å². The van der Waals surface area contributed by atoms with Crippen molar-refractivity contribution in [1.82, 2.24) is 0 Å². The zero-order valence-electron chi connectivity index (χ0n) is 23.3. The Kier molecular flexibility index (Phi) is 11.0. The summed E-state index contributed by atoms with van der Waals surface area (Å²) in [4.78, 5) is 27.0. The summed E-state index contributed by atoms with van der Waals surface area (Å²) in [7, 11) is 4.62. The SMILES string of the molecule is CCOC(=O)C=CC(=O)N(Cc1ccc(OC)cc1OC)c1ccc(Cl)cc1C(O)c1cccc(CC)c1OC. The lowest BCUT2D eigenvalue weighted by atomic mass is 9.95. The lowest BCUT2D eigenvalue weighted by Crippen LogP contribution is -2.30. The Labute approximate surface area is 239 Å². The smallest absolute Gasteiger partial charge is 0.330 e. The Morgan fingerprint density at radius 1 is 0.925 bits per heavy atom. The van der Waals surface area contributed by atoms with Gasteiger partial charge >= 0.3 is 5.97 Å². The largest absolute Gasteiger partial charge is 0.497 e. The molecule has 3 rings (SSSR count). The van der Waals surface area contributed by atoms with Crippen LogP contribution in [0, 0.1) is 0 Å². The molecule has 1 atom stereocenters. The summed E-state index contributed by atoms with van der Waals surface area (Å²) in [6.07, 6.45) is 1.73. The van der Waals surface area contributed by atoms with Gasteiger partial charge in [-0.15, -0.1) is 0 Å². The summed E-state index contributed by atoms with van der Waals surface area (Å²) in [6.45, 7) is 3.90. The minimum atomic E-state index is -1.18. The quantitative estimate of drug-likeness (QED) is 0.223. The number of carbonyl (C=O) groups excluding carboxylic acids is 2. The van der Waals surface area contributed by atoms with Crippen molar-refractivity contribution in [1.29, 1.82) is 0 Å². The number of aliphatic hydroxyl groups excluding tert-OH is 1. The van der Waals surface area contributed by atoms with Crippen LogP contribution < -0.4 is 19.1 Å². The number of amides is 1. The van der Waals surface area contributed by atoms with Crippen LogP contribution in [0.2, 0.25) is 5.02 Å². The van der Waals surface area contributed by atoms with Crippen molar-refractivity contribution in [3.8, 4) is 17.2 Å². The number of rotatable bonds is 12. The van der Waals surface area contributed by atoms with Crippen molar-refractivity contribution in [3.63, 3.8) is 0 Å². The maximum atomic E-state index is 13.6. The van der Waals surface area contributed by atoms with Crippen LogP contribution in [0.15, 0.2) is 66.7 Å². The molecular weight excluding hydrogens is 534 g/mol. The number of hydrogen-bond acceptors (Lipinski definition) is 7. The van der Waals surface area contributed by atoms with Gasteiger partial charge in [-0.25, -0.2) is 4.79 Å². The van der Waals surface area contributed by atoms with Gasteiger partial charge in [0.05, 0.1) is 40.2 Å². The predicted octanol–water partition coefficient (Wildman–Crippen LogP) is 5.66. The Morgan fingerprint density at radius 2 is 1.70 bits per heavy atom. The van der Waals surface area contributed by atoms with E-state index in [0.717, 1.165) is 17.7 Å². The topological polar surface area (TPSA) is 94.5 Å². The van der Waals surface area contributed by atoms with Crippen LogP contribution in [-0.2, 0) is 27.3 Å². The molecule has 1 unspecified atom stereocenters. The second-order valence-corrected chi connectivity index (χ2v) is 9.12. The van der Waals surface area contributed by atoms with Crippen molar-refractivity contribution in [2.24, 2.45) is 0 Å². The van der Waals surface area contributed by atoms with Crippen molar-refractivity contribution in [2.45, 2.75) is 32.9 Å². The lowest BCUT2D eigenvalue weighted by Gasteiger charge is -2.28. The highest BCUT2D eigenvalue weighted by molar-refractivity contribution is 6.30. The van der Waals surface area contributed by atoms with Crippen LogP contribution in [0.3, 0.4) is 0 Å². The number of hydrogen-bond donors (Lipinski definition) is 1. The van der Waals surface area contributed by atoms with Gasteiger partial charge in [-0.05, 0) is 49.2 Å². The van der Waals surface area contributed by atoms with E-state index >= 15 is 0 Å². The van der Waals surface area contributed by atoms with E-state index in [0.29, 0.717) is 51.1 Å². The number of aliphatic hydroxyl groups is 1. The highest BCUT2D eigenvalue weighted by Gasteiger charge is 2.26. The minimum Gasteiger partial charge on any atom is -0.497 e. The van der Waals surface area contributed by atoms with Crippen LogP contribution in [0.5, 0.6) is 17.2 Å². The molecule has 3 aromatic rings. The number of aryl methyl sites for hydroxylation is 1. The fourth-order valence-corrected chi connectivity index (χ4v) is 4.54. The highest BCUT2D eigenvalue weighted by atomic mass is 35.5. The fraction of sp³-hybridized carbons (Fsp3) is 0.290. The molecular formula is C31H34ClNO7. The molecule has 212 valence electrons. The number of para-hydroxylation sites is 1. The van der Waals surface area contributed by atoms with E-state index in [-0.39, 0.29) is 13.2 Å². The maximum Gasteiger partial charge on any atom is 0.330 e. The molecule has 0 heterocycles. The van der Waals surface area contributed by atoms with Gasteiger partial charge in [0, 0.05) is 39.9 Å². The van der Waals surface area contributed by atoms with Gasteiger partial charge in [0.15, 0.2) is 0 Å². The lowest BCUT2D eigenvalue weighted by molar-refractivity contribution is -0.137. The zero-order valence-corrected chi connectivity index (χ0v) is 24.0. The predicted molar refractivity (Wildman–Crippen MR) is 154 cm³/mol. The van der Waals surface area contributed by atoms with Gasteiger partial charge in [-0.1, -0.05) is 36.7 Å². The normalized spacial score (nSPS) is 11.7. The van der Waals surface area contributed by atoms with Crippen LogP contribution >= 0.6 is 11.6 Å². The number of carbonyl (C=O) groups is 2. The molecule has 40 heavy (non-hydrogen) atoms. The Hall–Kier alpha value is -4.01. The summed E-state index contributed by atoms with van der Waals surface area (Å²) in [5.41, 5.74) is 2.89. The number of halogens is 1. The minimum absolute atomic E-state index is 0.0483. The number of ether oxygens (including phenoxy) is 4. The van der Waals surface area contributed by atoms with Crippen molar-refractivity contribution in [2.75, 3.05) is 32.8 Å². The van der Waals surface area contributed by atoms with Crippen molar-refractivity contribution in [3.05, 3.63) is 94.0 Å². The van der Waals surface area contributed by atoms with Gasteiger partial charge in [0.25, 0.3) is 5.91 Å². The molecule has 0 aromatic heterocycles. The number of methoxy groups -OCH3 is 3. The van der Waals surface area contributed by atoms with Gasteiger partial charge in [-0.2, -0.15) is 0 Å². The highest BCUT2D eigenvalue weighted by Crippen LogP contribution is 2.39. The maximum absolute atomic E-state index is 13.6. The van der Waals surface area contributed by atoms with E-state index in [4.69, 9.17) is 30.5 Å². The second kappa shape index (κ2) is 14.4. The summed E-state index contributed by atoms with van der Waals surface area (Å²) >= 11 is 6.39. The average molecular weight is 568 g/mol. The number of esters is 1. The number of nitrogens with zero attached hydrogens (tertiary/aromatic N) is 1. The number of benzene rings is 3. The molecule has 0 radical (unpaired) electrons. The second-order valence-electron chi connectivity index (χ2n) is 8.69. The van der Waals surface area contributed by atoms with Gasteiger partial charge < -0.3 is 29.0 Å². The Bertz CT molecular complexity index is 1370. The number of anilines is 1. The monoisotopic (exact) mass is 567 g/mol. The summed E-state index contributed by atoms with van der Waals surface area (Å²) in [5, 5.41) is 12.0. The Morgan fingerprint density at radius 3 is 2.35 bits per heavy atom. The standard InChI is InChI=1S/C31H34ClNO7/c1-6-20-9-8-10-24(31(20)39-5)30(36)25-17-22(32)12-14-26(25)33(28(34)15-16-29(35)40-7-2)19-21-11-13-23(37-3)18-27(21)38-4/h8-18,30,36H,6-7,19H2,1-5H3. The molecule has 0 bridgehead atoms. The third-order valence-electron chi connectivity index (χ3n) is 6.32. The molecule has 0 saturated heterocycles. The molecule has 9 heteroatoms. The molecule has 0 saturated carbocycles. The first kappa shape index (κ1) is 30.5. The van der Waals surface area contributed by atoms with E-state index in [2.05, 4.69) is 0 Å². The molecule has 0 aliphatic heterocycles. The van der Waals surface area contributed by atoms with Crippen LogP contribution in [0.25, 0.3) is 0 Å². The molecule has 1 amide bonds. The zero-order chi connectivity index (χ0) is 29.2.